The van der Waals surface area contributed by atoms with E-state index in [9.17, 15) is 9.59 Å². The third-order valence-corrected chi connectivity index (χ3v) is 4.37. The molecule has 2 N–H and O–H groups in total. The number of carbonyl (C=O) groups excluding carboxylic acids is 2. The fourth-order valence-electron chi connectivity index (χ4n) is 3.39. The van der Waals surface area contributed by atoms with Crippen LogP contribution in [-0.2, 0) is 10.2 Å². The van der Waals surface area contributed by atoms with Gasteiger partial charge in [0.15, 0.2) is 0 Å². The number of nitrogens with zero attached hydrogens (tertiary/aromatic N) is 1. The summed E-state index contributed by atoms with van der Waals surface area (Å²) < 4.78 is 0. The summed E-state index contributed by atoms with van der Waals surface area (Å²) in [6, 6.07) is 7.41. The van der Waals surface area contributed by atoms with Gasteiger partial charge in [-0.3, -0.25) is 9.69 Å². The van der Waals surface area contributed by atoms with Crippen molar-refractivity contribution in [2.45, 2.75) is 71.4 Å². The quantitative estimate of drug-likeness (QED) is 0.811. The van der Waals surface area contributed by atoms with Crippen molar-refractivity contribution < 1.29 is 9.59 Å². The Morgan fingerprint density at radius 1 is 1.08 bits per heavy atom. The maximum atomic E-state index is 12.7. The van der Waals surface area contributed by atoms with Crippen LogP contribution in [0.3, 0.4) is 0 Å². The SMILES string of the molecule is CC1(C)CC(=O)N(C(=O)Nc2ccc(C(C)(C)C)cc2)CC(C)(C)N1. The first kappa shape index (κ1) is 19.4. The van der Waals surface area contributed by atoms with E-state index in [1.54, 1.807) is 0 Å². The maximum Gasteiger partial charge on any atom is 0.328 e. The molecule has 1 saturated heterocycles. The fraction of sp³-hybridized carbons (Fsp3) is 0.600. The van der Waals surface area contributed by atoms with E-state index in [4.69, 9.17) is 0 Å². The predicted octanol–water partition coefficient (Wildman–Crippen LogP) is 3.90. The maximum absolute atomic E-state index is 12.7. The van der Waals surface area contributed by atoms with Crippen LogP contribution in [0.2, 0.25) is 0 Å². The molecule has 0 saturated carbocycles. The van der Waals surface area contributed by atoms with Gasteiger partial charge in [-0.05, 0) is 50.8 Å². The lowest BCUT2D eigenvalue weighted by Crippen LogP contribution is -2.54. The number of hydrogen-bond donors (Lipinski definition) is 2. The summed E-state index contributed by atoms with van der Waals surface area (Å²) in [5, 5.41) is 6.31. The van der Waals surface area contributed by atoms with E-state index in [0.717, 1.165) is 0 Å². The molecule has 1 aromatic carbocycles. The smallest absolute Gasteiger partial charge is 0.307 e. The number of urea groups is 1. The normalized spacial score (nSPS) is 20.1. The van der Waals surface area contributed by atoms with Crippen molar-refractivity contribution >= 4 is 17.6 Å². The van der Waals surface area contributed by atoms with Gasteiger partial charge in [0, 0.05) is 29.7 Å². The lowest BCUT2D eigenvalue weighted by Gasteiger charge is -2.34. The molecule has 0 unspecified atom stereocenters. The number of imide groups is 1. The number of nitrogens with one attached hydrogen (secondary N) is 2. The Balaban J connectivity index is 2.15. The second kappa shape index (κ2) is 6.45. The molecule has 1 aromatic rings. The molecular weight excluding hydrogens is 314 g/mol. The van der Waals surface area contributed by atoms with E-state index in [1.165, 1.54) is 10.5 Å². The van der Waals surface area contributed by atoms with Gasteiger partial charge in [0.2, 0.25) is 5.91 Å². The van der Waals surface area contributed by atoms with Gasteiger partial charge in [-0.2, -0.15) is 0 Å². The average molecular weight is 345 g/mol. The Hall–Kier alpha value is -1.88. The minimum atomic E-state index is -0.374. The largest absolute Gasteiger partial charge is 0.328 e. The molecule has 0 radical (unpaired) electrons. The van der Waals surface area contributed by atoms with Crippen LogP contribution in [0.4, 0.5) is 10.5 Å². The highest BCUT2D eigenvalue weighted by Gasteiger charge is 2.39. The van der Waals surface area contributed by atoms with Crippen LogP contribution in [0, 0.1) is 0 Å². The van der Waals surface area contributed by atoms with Gasteiger partial charge in [0.25, 0.3) is 0 Å². The third-order valence-electron chi connectivity index (χ3n) is 4.37. The first-order valence-electron chi connectivity index (χ1n) is 8.80. The van der Waals surface area contributed by atoms with Crippen molar-refractivity contribution in [1.82, 2.24) is 10.2 Å². The lowest BCUT2D eigenvalue weighted by molar-refractivity contribution is -0.128. The second-order valence-corrected chi connectivity index (χ2v) is 9.31. The number of rotatable bonds is 1. The Kier molecular flexibility index (Phi) is 5.01. The molecule has 0 aromatic heterocycles. The van der Waals surface area contributed by atoms with Crippen LogP contribution in [0.5, 0.6) is 0 Å². The Morgan fingerprint density at radius 3 is 2.16 bits per heavy atom. The summed E-state index contributed by atoms with van der Waals surface area (Å²) in [4.78, 5) is 26.6. The topological polar surface area (TPSA) is 61.4 Å². The highest BCUT2D eigenvalue weighted by Crippen LogP contribution is 2.25. The molecule has 0 aliphatic carbocycles. The molecule has 0 bridgehead atoms. The monoisotopic (exact) mass is 345 g/mol. The van der Waals surface area contributed by atoms with Gasteiger partial charge in [-0.25, -0.2) is 4.79 Å². The molecule has 3 amide bonds. The second-order valence-electron chi connectivity index (χ2n) is 9.31. The molecule has 1 aliphatic heterocycles. The summed E-state index contributed by atoms with van der Waals surface area (Å²) in [7, 11) is 0. The van der Waals surface area contributed by atoms with E-state index in [0.29, 0.717) is 12.2 Å². The van der Waals surface area contributed by atoms with E-state index in [-0.39, 0.29) is 34.9 Å². The summed E-state index contributed by atoms with van der Waals surface area (Å²) in [6.07, 6.45) is 0.285. The van der Waals surface area contributed by atoms with Crippen molar-refractivity contribution in [3.8, 4) is 0 Å². The highest BCUT2D eigenvalue weighted by molar-refractivity contribution is 6.01. The summed E-state index contributed by atoms with van der Waals surface area (Å²) in [6.45, 7) is 14.8. The van der Waals surface area contributed by atoms with Crippen LogP contribution in [-0.4, -0.2) is 34.5 Å². The first-order chi connectivity index (χ1) is 11.3. The molecular formula is C20H31N3O2. The van der Waals surface area contributed by atoms with Gasteiger partial charge in [0.1, 0.15) is 0 Å². The average Bonchev–Trinajstić information content (AvgIpc) is 2.50. The molecule has 0 atom stereocenters. The minimum absolute atomic E-state index is 0.0601. The Morgan fingerprint density at radius 2 is 1.64 bits per heavy atom. The lowest BCUT2D eigenvalue weighted by atomic mass is 9.87. The zero-order valence-corrected chi connectivity index (χ0v) is 16.5. The van der Waals surface area contributed by atoms with Gasteiger partial charge < -0.3 is 10.6 Å². The zero-order chi connectivity index (χ0) is 19.0. The third kappa shape index (κ3) is 5.05. The van der Waals surface area contributed by atoms with Crippen molar-refractivity contribution in [3.05, 3.63) is 29.8 Å². The Bertz CT molecular complexity index is 655. The van der Waals surface area contributed by atoms with E-state index in [2.05, 4.69) is 31.4 Å². The molecule has 1 heterocycles. The van der Waals surface area contributed by atoms with E-state index < -0.39 is 0 Å². The van der Waals surface area contributed by atoms with Crippen LogP contribution in [0.25, 0.3) is 0 Å². The zero-order valence-electron chi connectivity index (χ0n) is 16.5. The summed E-state index contributed by atoms with van der Waals surface area (Å²) in [5.41, 5.74) is 1.26. The molecule has 5 nitrogen and oxygen atoms in total. The first-order valence-corrected chi connectivity index (χ1v) is 8.80. The minimum Gasteiger partial charge on any atom is -0.307 e. The number of hydrogen-bond acceptors (Lipinski definition) is 3. The van der Waals surface area contributed by atoms with Crippen LogP contribution in [0.15, 0.2) is 24.3 Å². The van der Waals surface area contributed by atoms with Crippen molar-refractivity contribution in [2.75, 3.05) is 11.9 Å². The Labute approximate surface area is 151 Å². The number of amides is 3. The summed E-state index contributed by atoms with van der Waals surface area (Å²) >= 11 is 0. The van der Waals surface area contributed by atoms with Crippen molar-refractivity contribution in [3.63, 3.8) is 0 Å². The van der Waals surface area contributed by atoms with Gasteiger partial charge in [0.05, 0.1) is 0 Å². The summed E-state index contributed by atoms with van der Waals surface area (Å²) in [5.74, 6) is -0.160. The molecule has 1 fully saturated rings. The van der Waals surface area contributed by atoms with Gasteiger partial charge in [-0.1, -0.05) is 32.9 Å². The molecule has 5 heteroatoms. The molecule has 0 spiro atoms. The van der Waals surface area contributed by atoms with Crippen molar-refractivity contribution in [1.29, 1.82) is 0 Å². The van der Waals surface area contributed by atoms with E-state index in [1.807, 2.05) is 52.0 Å². The predicted molar refractivity (Wildman–Crippen MR) is 102 cm³/mol. The standard InChI is InChI=1S/C20H31N3O2/c1-18(2,3)14-8-10-15(11-9-14)21-17(25)23-13-20(6,7)22-19(4,5)12-16(23)24/h8-11,22H,12-13H2,1-7H3,(H,21,25). The van der Waals surface area contributed by atoms with Crippen molar-refractivity contribution in [2.24, 2.45) is 0 Å². The van der Waals surface area contributed by atoms with Crippen LogP contribution < -0.4 is 10.6 Å². The molecule has 138 valence electrons. The number of anilines is 1. The van der Waals surface area contributed by atoms with Crippen LogP contribution in [0.1, 0.15) is 60.5 Å². The van der Waals surface area contributed by atoms with E-state index >= 15 is 0 Å². The molecule has 25 heavy (non-hydrogen) atoms. The highest BCUT2D eigenvalue weighted by atomic mass is 16.2. The molecule has 1 aliphatic rings. The number of carbonyl (C=O) groups is 2. The van der Waals surface area contributed by atoms with Crippen LogP contribution >= 0.6 is 0 Å². The van der Waals surface area contributed by atoms with Gasteiger partial charge in [-0.15, -0.1) is 0 Å². The number of benzene rings is 1. The molecule has 2 rings (SSSR count). The van der Waals surface area contributed by atoms with Gasteiger partial charge >= 0.3 is 6.03 Å². The fourth-order valence-corrected chi connectivity index (χ4v) is 3.39.